The van der Waals surface area contributed by atoms with Crippen LogP contribution in [0.15, 0.2) is 28.9 Å². The van der Waals surface area contributed by atoms with Gasteiger partial charge in [0.25, 0.3) is 5.88 Å². The highest BCUT2D eigenvalue weighted by Gasteiger charge is 2.24. The molecule has 4 rings (SSSR count). The number of hydrogen-bond acceptors (Lipinski definition) is 7. The summed E-state index contributed by atoms with van der Waals surface area (Å²) in [5.74, 6) is 1.02. The summed E-state index contributed by atoms with van der Waals surface area (Å²) in [6, 6.07) is 7.50. The number of rotatable bonds is 1. The molecule has 3 aromatic rings. The number of benzene rings is 1. The van der Waals surface area contributed by atoms with Crippen molar-refractivity contribution in [2.24, 2.45) is 0 Å². The van der Waals surface area contributed by atoms with Gasteiger partial charge < -0.3 is 9.64 Å². The van der Waals surface area contributed by atoms with Gasteiger partial charge in [-0.3, -0.25) is 0 Å². The molecule has 100 valence electrons. The first-order chi connectivity index (χ1) is 9.81. The number of hydrogen-bond donors (Lipinski definition) is 0. The van der Waals surface area contributed by atoms with Crippen LogP contribution in [0.1, 0.15) is 0 Å². The highest BCUT2D eigenvalue weighted by Crippen LogP contribution is 2.34. The van der Waals surface area contributed by atoms with Gasteiger partial charge in [-0.25, -0.2) is 4.63 Å². The summed E-state index contributed by atoms with van der Waals surface area (Å²) in [6.45, 7) is 1.18. The van der Waals surface area contributed by atoms with E-state index in [1.54, 1.807) is 0 Å². The molecule has 0 spiro atoms. The van der Waals surface area contributed by atoms with Gasteiger partial charge in [0.05, 0.1) is 6.54 Å². The molecule has 2 aromatic heterocycles. The molecule has 0 N–H and O–H groups in total. The van der Waals surface area contributed by atoms with Gasteiger partial charge in [0.15, 0.2) is 5.82 Å². The normalized spacial score (nSPS) is 14.2. The van der Waals surface area contributed by atoms with E-state index >= 15 is 0 Å². The minimum absolute atomic E-state index is 0.335. The Hall–Kier alpha value is -2.41. The number of halogens is 1. The molecule has 7 nitrogen and oxygen atoms in total. The Labute approximate surface area is 118 Å². The van der Waals surface area contributed by atoms with Crippen LogP contribution in [0.3, 0.4) is 0 Å². The lowest BCUT2D eigenvalue weighted by Crippen LogP contribution is -2.30. The van der Waals surface area contributed by atoms with Crippen LogP contribution in [-0.2, 0) is 0 Å². The molecule has 20 heavy (non-hydrogen) atoms. The van der Waals surface area contributed by atoms with Crippen molar-refractivity contribution in [2.45, 2.75) is 0 Å². The number of fused-ring (bicyclic) bond motifs is 2. The molecule has 1 aliphatic heterocycles. The summed E-state index contributed by atoms with van der Waals surface area (Å²) in [4.78, 5) is 10.6. The van der Waals surface area contributed by atoms with Crippen LogP contribution in [0.2, 0.25) is 5.02 Å². The highest BCUT2D eigenvalue weighted by atomic mass is 35.5. The van der Waals surface area contributed by atoms with E-state index in [9.17, 15) is 0 Å². The van der Waals surface area contributed by atoms with Crippen LogP contribution in [0.4, 0.5) is 11.5 Å². The Bertz CT molecular complexity index is 773. The number of aromatic nitrogens is 4. The van der Waals surface area contributed by atoms with Crippen LogP contribution < -0.4 is 9.64 Å². The van der Waals surface area contributed by atoms with Gasteiger partial charge in [0.2, 0.25) is 11.3 Å². The average molecular weight is 290 g/mol. The molecule has 1 aromatic carbocycles. The molecule has 0 aliphatic carbocycles. The summed E-state index contributed by atoms with van der Waals surface area (Å²) >= 11 is 5.91. The van der Waals surface area contributed by atoms with E-state index in [0.29, 0.717) is 41.2 Å². The summed E-state index contributed by atoms with van der Waals surface area (Å²) in [5.41, 5.74) is 1.65. The minimum Gasteiger partial charge on any atom is -0.473 e. The second kappa shape index (κ2) is 4.31. The molecule has 0 radical (unpaired) electrons. The zero-order valence-electron chi connectivity index (χ0n) is 10.2. The average Bonchev–Trinajstić information content (AvgIpc) is 2.92. The molecular formula is C12H8ClN5O2. The van der Waals surface area contributed by atoms with Crippen LogP contribution in [0.25, 0.3) is 11.3 Å². The van der Waals surface area contributed by atoms with Crippen molar-refractivity contribution in [3.05, 3.63) is 29.3 Å². The molecule has 0 saturated carbocycles. The van der Waals surface area contributed by atoms with Crippen LogP contribution in [0, 0.1) is 0 Å². The molecule has 0 fully saturated rings. The third-order valence-electron chi connectivity index (χ3n) is 3.01. The van der Waals surface area contributed by atoms with Gasteiger partial charge in [-0.2, -0.15) is 9.97 Å². The van der Waals surface area contributed by atoms with Crippen LogP contribution in [-0.4, -0.2) is 33.4 Å². The van der Waals surface area contributed by atoms with Crippen molar-refractivity contribution in [1.82, 2.24) is 20.3 Å². The van der Waals surface area contributed by atoms with Crippen molar-refractivity contribution in [3.8, 4) is 5.88 Å². The maximum absolute atomic E-state index is 5.91. The zero-order chi connectivity index (χ0) is 13.5. The molecule has 3 heterocycles. The van der Waals surface area contributed by atoms with Gasteiger partial charge >= 0.3 is 0 Å². The second-order valence-corrected chi connectivity index (χ2v) is 4.68. The third kappa shape index (κ3) is 1.75. The fourth-order valence-electron chi connectivity index (χ4n) is 2.10. The molecule has 0 atom stereocenters. The largest absolute Gasteiger partial charge is 0.473 e. The Kier molecular flexibility index (Phi) is 2.46. The summed E-state index contributed by atoms with van der Waals surface area (Å²) < 4.78 is 10.2. The van der Waals surface area contributed by atoms with Gasteiger partial charge in [0, 0.05) is 10.7 Å². The molecule has 0 unspecified atom stereocenters. The maximum atomic E-state index is 5.91. The lowest BCUT2D eigenvalue weighted by atomic mass is 10.2. The second-order valence-electron chi connectivity index (χ2n) is 4.24. The van der Waals surface area contributed by atoms with E-state index in [2.05, 4.69) is 24.9 Å². The van der Waals surface area contributed by atoms with E-state index in [-0.39, 0.29) is 0 Å². The third-order valence-corrected chi connectivity index (χ3v) is 3.26. The van der Waals surface area contributed by atoms with E-state index in [1.165, 1.54) is 0 Å². The van der Waals surface area contributed by atoms with Crippen LogP contribution >= 0.6 is 11.6 Å². The fraction of sp³-hybridized carbons (Fsp3) is 0.167. The summed E-state index contributed by atoms with van der Waals surface area (Å²) in [6.07, 6.45) is 0. The predicted octanol–water partition coefficient (Wildman–Crippen LogP) is 2.20. The van der Waals surface area contributed by atoms with E-state index in [0.717, 1.165) is 5.69 Å². The lowest BCUT2D eigenvalue weighted by Gasteiger charge is -2.28. The van der Waals surface area contributed by atoms with Crippen molar-refractivity contribution >= 4 is 34.4 Å². The molecule has 0 saturated heterocycles. The van der Waals surface area contributed by atoms with Crippen molar-refractivity contribution < 1.29 is 9.37 Å². The minimum atomic E-state index is 0.335. The SMILES string of the molecule is Clc1ccc(N2CCOc3nc4nonc4nc32)cc1. The quantitative estimate of drug-likeness (QED) is 0.679. The Morgan fingerprint density at radius 3 is 2.60 bits per heavy atom. The number of ether oxygens (including phenoxy) is 1. The van der Waals surface area contributed by atoms with E-state index in [4.69, 9.17) is 16.3 Å². The Morgan fingerprint density at radius 2 is 1.80 bits per heavy atom. The summed E-state index contributed by atoms with van der Waals surface area (Å²) in [7, 11) is 0. The summed E-state index contributed by atoms with van der Waals surface area (Å²) in [5, 5.41) is 8.05. The topological polar surface area (TPSA) is 77.2 Å². The number of anilines is 2. The molecule has 0 amide bonds. The first-order valence-electron chi connectivity index (χ1n) is 5.97. The lowest BCUT2D eigenvalue weighted by molar-refractivity contribution is 0.299. The fourth-order valence-corrected chi connectivity index (χ4v) is 2.23. The van der Waals surface area contributed by atoms with Gasteiger partial charge in [-0.1, -0.05) is 11.6 Å². The van der Waals surface area contributed by atoms with Gasteiger partial charge in [-0.15, -0.1) is 0 Å². The molecular weight excluding hydrogens is 282 g/mol. The first-order valence-corrected chi connectivity index (χ1v) is 6.35. The zero-order valence-corrected chi connectivity index (χ0v) is 10.9. The highest BCUT2D eigenvalue weighted by molar-refractivity contribution is 6.30. The van der Waals surface area contributed by atoms with Crippen molar-refractivity contribution in [2.75, 3.05) is 18.1 Å². The predicted molar refractivity (Wildman–Crippen MR) is 71.3 cm³/mol. The standard InChI is InChI=1S/C12H8ClN5O2/c13-7-1-3-8(4-2-7)18-5-6-19-12-11(18)14-9-10(15-12)17-20-16-9/h1-4H,5-6H2. The monoisotopic (exact) mass is 289 g/mol. The molecule has 8 heteroatoms. The Morgan fingerprint density at radius 1 is 1.05 bits per heavy atom. The maximum Gasteiger partial charge on any atom is 0.260 e. The van der Waals surface area contributed by atoms with Crippen LogP contribution in [0.5, 0.6) is 5.88 Å². The molecule has 0 bridgehead atoms. The Balaban J connectivity index is 1.86. The molecule has 1 aliphatic rings. The van der Waals surface area contributed by atoms with Crippen molar-refractivity contribution in [1.29, 1.82) is 0 Å². The number of nitrogens with zero attached hydrogens (tertiary/aromatic N) is 5. The van der Waals surface area contributed by atoms with E-state index < -0.39 is 0 Å². The smallest absolute Gasteiger partial charge is 0.260 e. The van der Waals surface area contributed by atoms with Crippen molar-refractivity contribution in [3.63, 3.8) is 0 Å². The van der Waals surface area contributed by atoms with Gasteiger partial charge in [0.1, 0.15) is 6.61 Å². The van der Waals surface area contributed by atoms with E-state index in [1.807, 2.05) is 29.2 Å². The first kappa shape index (κ1) is 11.4. The van der Waals surface area contributed by atoms with Gasteiger partial charge in [-0.05, 0) is 34.6 Å².